The maximum absolute atomic E-state index is 12.4. The molecule has 0 aliphatic heterocycles. The van der Waals surface area contributed by atoms with Gasteiger partial charge in [-0.25, -0.2) is 4.98 Å². The van der Waals surface area contributed by atoms with Crippen molar-refractivity contribution in [3.05, 3.63) is 46.4 Å². The van der Waals surface area contributed by atoms with Gasteiger partial charge in [0.25, 0.3) is 0 Å². The number of nitrogens with two attached hydrogens (primary N) is 1. The molecule has 1 aliphatic carbocycles. The highest BCUT2D eigenvalue weighted by atomic mass is 32.1. The minimum atomic E-state index is -0.667. The fourth-order valence-corrected chi connectivity index (χ4v) is 3.72. The van der Waals surface area contributed by atoms with Gasteiger partial charge in [-0.2, -0.15) is 0 Å². The van der Waals surface area contributed by atoms with Gasteiger partial charge in [-0.15, -0.1) is 11.3 Å². The number of hydrogen-bond donors (Lipinski definition) is 4. The van der Waals surface area contributed by atoms with E-state index in [1.807, 2.05) is 0 Å². The molecule has 3 unspecified atom stereocenters. The molecular weight excluding hydrogens is 406 g/mol. The molecule has 1 aromatic carbocycles. The average Bonchev–Trinajstić information content (AvgIpc) is 3.36. The minimum Gasteiger partial charge on any atom is -0.465 e. The Kier molecular flexibility index (Phi) is 6.78. The van der Waals surface area contributed by atoms with Crippen molar-refractivity contribution in [3.63, 3.8) is 0 Å². The van der Waals surface area contributed by atoms with Crippen molar-refractivity contribution < 1.29 is 19.1 Å². The highest BCUT2D eigenvalue weighted by Gasteiger charge is 2.48. The molecule has 30 heavy (non-hydrogen) atoms. The van der Waals surface area contributed by atoms with Gasteiger partial charge in [-0.05, 0) is 37.6 Å². The van der Waals surface area contributed by atoms with Crippen LogP contribution >= 0.6 is 11.3 Å². The molecule has 5 N–H and O–H groups in total. The number of aromatic nitrogens is 1. The Morgan fingerprint density at radius 1 is 1.27 bits per heavy atom. The smallest absolute Gasteiger partial charge is 0.317 e. The van der Waals surface area contributed by atoms with Crippen LogP contribution in [0.3, 0.4) is 0 Å². The number of anilines is 1. The summed E-state index contributed by atoms with van der Waals surface area (Å²) in [7, 11) is 0. The number of nitrogen functional groups attached to an aromatic ring is 1. The van der Waals surface area contributed by atoms with Gasteiger partial charge < -0.3 is 21.1 Å². The lowest BCUT2D eigenvalue weighted by Gasteiger charge is -2.14. The number of benzene rings is 1. The zero-order valence-corrected chi connectivity index (χ0v) is 17.2. The lowest BCUT2D eigenvalue weighted by Crippen LogP contribution is -2.34. The van der Waals surface area contributed by atoms with E-state index in [0.29, 0.717) is 22.7 Å². The molecule has 1 aliphatic rings. The first-order chi connectivity index (χ1) is 14.4. The van der Waals surface area contributed by atoms with Crippen molar-refractivity contribution >= 4 is 40.6 Å². The molecule has 2 aromatic rings. The van der Waals surface area contributed by atoms with Gasteiger partial charge in [-0.1, -0.05) is 0 Å². The van der Waals surface area contributed by atoms with Crippen molar-refractivity contribution in [2.24, 2.45) is 17.6 Å². The van der Waals surface area contributed by atoms with Gasteiger partial charge in [-0.3, -0.25) is 19.8 Å². The van der Waals surface area contributed by atoms with Gasteiger partial charge in [0.15, 0.2) is 0 Å². The molecule has 0 saturated heterocycles. The molecule has 9 nitrogen and oxygen atoms in total. The van der Waals surface area contributed by atoms with E-state index in [1.165, 1.54) is 11.3 Å². The molecule has 2 amide bonds. The van der Waals surface area contributed by atoms with Gasteiger partial charge in [0.2, 0.25) is 11.8 Å². The molecule has 1 heterocycles. The lowest BCUT2D eigenvalue weighted by atomic mass is 10.1. The van der Waals surface area contributed by atoms with Crippen LogP contribution in [0.25, 0.3) is 0 Å². The van der Waals surface area contributed by atoms with Crippen molar-refractivity contribution in [1.29, 1.82) is 5.41 Å². The number of amides is 2. The number of thiazole rings is 1. The van der Waals surface area contributed by atoms with E-state index < -0.39 is 23.7 Å². The van der Waals surface area contributed by atoms with Crippen molar-refractivity contribution in [2.75, 3.05) is 18.5 Å². The fraction of sp³-hybridized carbons (Fsp3) is 0.350. The second-order valence-electron chi connectivity index (χ2n) is 6.85. The molecule has 3 rings (SSSR count). The Morgan fingerprint density at radius 2 is 1.97 bits per heavy atom. The number of carbonyl (C=O) groups excluding carboxylic acids is 3. The van der Waals surface area contributed by atoms with Crippen LogP contribution in [0.5, 0.6) is 0 Å². The van der Waals surface area contributed by atoms with E-state index in [9.17, 15) is 14.4 Å². The highest BCUT2D eigenvalue weighted by Crippen LogP contribution is 2.39. The molecular formula is C20H23N5O4S. The Morgan fingerprint density at radius 3 is 2.57 bits per heavy atom. The summed E-state index contributed by atoms with van der Waals surface area (Å²) in [6, 6.07) is 6.60. The van der Waals surface area contributed by atoms with E-state index in [2.05, 4.69) is 15.6 Å². The van der Waals surface area contributed by atoms with Crippen LogP contribution in [0.4, 0.5) is 5.69 Å². The van der Waals surface area contributed by atoms with Gasteiger partial charge in [0, 0.05) is 29.4 Å². The molecule has 0 bridgehead atoms. The Labute approximate surface area is 177 Å². The zero-order valence-electron chi connectivity index (χ0n) is 16.4. The summed E-state index contributed by atoms with van der Waals surface area (Å²) in [5.41, 5.74) is 6.54. The highest BCUT2D eigenvalue weighted by molar-refractivity contribution is 7.09. The SMILES string of the molecule is CCOC(=O)C(CNC(=O)C1CC1C(=O)Nc1ccc(C(=N)N)cc1)c1nccs1. The van der Waals surface area contributed by atoms with Crippen LogP contribution < -0.4 is 16.4 Å². The topological polar surface area (TPSA) is 147 Å². The van der Waals surface area contributed by atoms with Gasteiger partial charge in [0.05, 0.1) is 18.4 Å². The summed E-state index contributed by atoms with van der Waals surface area (Å²) < 4.78 is 5.08. The first kappa shape index (κ1) is 21.4. The number of nitrogens with one attached hydrogen (secondary N) is 3. The number of nitrogens with zero attached hydrogens (tertiary/aromatic N) is 1. The molecule has 3 atom stereocenters. The first-order valence-electron chi connectivity index (χ1n) is 9.49. The third kappa shape index (κ3) is 5.20. The maximum atomic E-state index is 12.4. The fourth-order valence-electron chi connectivity index (χ4n) is 3.00. The van der Waals surface area contributed by atoms with Crippen molar-refractivity contribution in [2.45, 2.75) is 19.3 Å². The largest absolute Gasteiger partial charge is 0.465 e. The summed E-state index contributed by atoms with van der Waals surface area (Å²) in [5, 5.41) is 15.2. The quantitative estimate of drug-likeness (QED) is 0.270. The van der Waals surface area contributed by atoms with E-state index in [1.54, 1.807) is 42.8 Å². The number of hydrogen-bond acceptors (Lipinski definition) is 7. The van der Waals surface area contributed by atoms with Gasteiger partial charge in [0.1, 0.15) is 16.8 Å². The Bertz CT molecular complexity index is 929. The number of carbonyl (C=O) groups is 3. The summed E-state index contributed by atoms with van der Waals surface area (Å²) in [5.74, 6) is -2.52. The Balaban J connectivity index is 1.51. The van der Waals surface area contributed by atoms with E-state index >= 15 is 0 Å². The van der Waals surface area contributed by atoms with Crippen LogP contribution in [-0.4, -0.2) is 41.8 Å². The van der Waals surface area contributed by atoms with E-state index in [4.69, 9.17) is 15.9 Å². The first-order valence-corrected chi connectivity index (χ1v) is 10.4. The predicted octanol–water partition coefficient (Wildman–Crippen LogP) is 1.46. The number of ether oxygens (including phenoxy) is 1. The summed E-state index contributed by atoms with van der Waals surface area (Å²) in [4.78, 5) is 41.2. The molecule has 0 spiro atoms. The van der Waals surface area contributed by atoms with Crippen LogP contribution in [-0.2, 0) is 19.1 Å². The van der Waals surface area contributed by atoms with Crippen LogP contribution in [0.15, 0.2) is 35.8 Å². The average molecular weight is 430 g/mol. The van der Waals surface area contributed by atoms with E-state index in [-0.39, 0.29) is 30.8 Å². The number of rotatable bonds is 9. The van der Waals surface area contributed by atoms with Crippen molar-refractivity contribution in [1.82, 2.24) is 10.3 Å². The summed E-state index contributed by atoms with van der Waals surface area (Å²) in [6.07, 6.45) is 2.04. The monoisotopic (exact) mass is 429 g/mol. The maximum Gasteiger partial charge on any atom is 0.317 e. The number of esters is 1. The minimum absolute atomic E-state index is 0.0503. The summed E-state index contributed by atoms with van der Waals surface area (Å²) in [6.45, 7) is 2.03. The predicted molar refractivity (Wildman–Crippen MR) is 112 cm³/mol. The second kappa shape index (κ2) is 9.49. The summed E-state index contributed by atoms with van der Waals surface area (Å²) >= 11 is 1.32. The van der Waals surface area contributed by atoms with Gasteiger partial charge >= 0.3 is 5.97 Å². The molecule has 158 valence electrons. The molecule has 1 saturated carbocycles. The van der Waals surface area contributed by atoms with Crippen LogP contribution in [0, 0.1) is 17.2 Å². The molecule has 0 radical (unpaired) electrons. The normalized spacial score (nSPS) is 18.2. The van der Waals surface area contributed by atoms with Crippen LogP contribution in [0.2, 0.25) is 0 Å². The Hall–Kier alpha value is -3.27. The second-order valence-corrected chi connectivity index (χ2v) is 7.78. The van der Waals surface area contributed by atoms with Crippen molar-refractivity contribution in [3.8, 4) is 0 Å². The third-order valence-corrected chi connectivity index (χ3v) is 5.62. The van der Waals surface area contributed by atoms with Crippen LogP contribution in [0.1, 0.15) is 29.8 Å². The third-order valence-electron chi connectivity index (χ3n) is 4.73. The molecule has 1 aromatic heterocycles. The standard InChI is InChI=1S/C20H23N5O4S/c1-2-29-20(28)15(19-23-7-8-30-19)10-24-17(26)13-9-14(13)18(27)25-12-5-3-11(4-6-12)16(21)22/h3-8,13-15H,2,9-10H2,1H3,(H3,21,22)(H,24,26)(H,25,27). The molecule has 10 heteroatoms. The van der Waals surface area contributed by atoms with E-state index in [0.717, 1.165) is 0 Å². The zero-order chi connectivity index (χ0) is 21.7. The lowest BCUT2D eigenvalue weighted by molar-refractivity contribution is -0.145. The number of amidine groups is 1. The molecule has 1 fully saturated rings.